The van der Waals surface area contributed by atoms with Crippen molar-refractivity contribution in [1.82, 2.24) is 4.98 Å². The first-order valence-electron chi connectivity index (χ1n) is 5.54. The summed E-state index contributed by atoms with van der Waals surface area (Å²) >= 11 is 6.12. The van der Waals surface area contributed by atoms with Gasteiger partial charge in [-0.1, -0.05) is 25.4 Å². The van der Waals surface area contributed by atoms with Crippen molar-refractivity contribution in [2.45, 2.75) is 39.8 Å². The van der Waals surface area contributed by atoms with Crippen molar-refractivity contribution >= 4 is 11.6 Å². The molecule has 1 aromatic heterocycles. The van der Waals surface area contributed by atoms with Crippen LogP contribution in [0, 0.1) is 5.92 Å². The lowest BCUT2D eigenvalue weighted by Gasteiger charge is -2.17. The molecule has 0 aliphatic rings. The third-order valence-electron chi connectivity index (χ3n) is 2.27. The summed E-state index contributed by atoms with van der Waals surface area (Å²) in [7, 11) is 0. The zero-order valence-corrected chi connectivity index (χ0v) is 10.8. The van der Waals surface area contributed by atoms with Crippen molar-refractivity contribution in [2.24, 2.45) is 11.7 Å². The molecule has 4 heteroatoms. The molecule has 1 heterocycles. The fourth-order valence-electron chi connectivity index (χ4n) is 1.60. The van der Waals surface area contributed by atoms with Gasteiger partial charge in [0.1, 0.15) is 5.02 Å². The third-order valence-corrected chi connectivity index (χ3v) is 2.68. The third kappa shape index (κ3) is 3.65. The smallest absolute Gasteiger partial charge is 0.233 e. The lowest BCUT2D eigenvalue weighted by molar-refractivity contribution is 0.185. The summed E-state index contributed by atoms with van der Waals surface area (Å²) in [4.78, 5) is 4.12. The van der Waals surface area contributed by atoms with Gasteiger partial charge in [0.15, 0.2) is 0 Å². The van der Waals surface area contributed by atoms with Crippen molar-refractivity contribution in [3.8, 4) is 5.88 Å². The molecule has 3 nitrogen and oxygen atoms in total. The van der Waals surface area contributed by atoms with Gasteiger partial charge < -0.3 is 10.5 Å². The van der Waals surface area contributed by atoms with E-state index in [2.05, 4.69) is 18.8 Å². The van der Waals surface area contributed by atoms with E-state index in [1.807, 2.05) is 13.0 Å². The van der Waals surface area contributed by atoms with Crippen LogP contribution in [0.5, 0.6) is 5.88 Å². The largest absolute Gasteiger partial charge is 0.474 e. The molecule has 0 aromatic carbocycles. The van der Waals surface area contributed by atoms with Crippen molar-refractivity contribution in [3.63, 3.8) is 0 Å². The molecule has 1 rings (SSSR count). The summed E-state index contributed by atoms with van der Waals surface area (Å²) in [5.41, 5.74) is 6.43. The maximum absolute atomic E-state index is 6.12. The number of aromatic nitrogens is 1. The van der Waals surface area contributed by atoms with Crippen LogP contribution in [-0.2, 0) is 6.54 Å². The van der Waals surface area contributed by atoms with E-state index >= 15 is 0 Å². The van der Waals surface area contributed by atoms with E-state index in [4.69, 9.17) is 22.1 Å². The van der Waals surface area contributed by atoms with Crippen molar-refractivity contribution < 1.29 is 4.74 Å². The second kappa shape index (κ2) is 6.06. The van der Waals surface area contributed by atoms with E-state index in [9.17, 15) is 0 Å². The Bertz CT molecular complexity index is 342. The van der Waals surface area contributed by atoms with E-state index < -0.39 is 0 Å². The molecule has 0 aliphatic heterocycles. The Labute approximate surface area is 102 Å². The second-order valence-corrected chi connectivity index (χ2v) is 4.73. The first-order valence-corrected chi connectivity index (χ1v) is 5.92. The predicted octanol–water partition coefficient (Wildman–Crippen LogP) is 3.01. The van der Waals surface area contributed by atoms with Crippen LogP contribution >= 0.6 is 11.6 Å². The number of hydrogen-bond acceptors (Lipinski definition) is 3. The van der Waals surface area contributed by atoms with Gasteiger partial charge in [-0.3, -0.25) is 0 Å². The maximum Gasteiger partial charge on any atom is 0.233 e. The molecule has 1 atom stereocenters. The highest BCUT2D eigenvalue weighted by molar-refractivity contribution is 6.32. The molecule has 2 N–H and O–H groups in total. The predicted molar refractivity (Wildman–Crippen MR) is 66.7 cm³/mol. The molecule has 16 heavy (non-hydrogen) atoms. The fraction of sp³-hybridized carbons (Fsp3) is 0.583. The normalized spacial score (nSPS) is 12.9. The van der Waals surface area contributed by atoms with E-state index in [1.165, 1.54) is 0 Å². The highest BCUT2D eigenvalue weighted by Gasteiger charge is 2.12. The first-order chi connectivity index (χ1) is 7.54. The van der Waals surface area contributed by atoms with E-state index in [0.29, 0.717) is 23.4 Å². The first kappa shape index (κ1) is 13.3. The zero-order valence-electron chi connectivity index (χ0n) is 10.0. The van der Waals surface area contributed by atoms with Crippen LogP contribution in [0.1, 0.15) is 32.8 Å². The van der Waals surface area contributed by atoms with Crippen LogP contribution in [0.4, 0.5) is 0 Å². The minimum absolute atomic E-state index is 0.109. The van der Waals surface area contributed by atoms with Crippen molar-refractivity contribution in [3.05, 3.63) is 22.8 Å². The van der Waals surface area contributed by atoms with Gasteiger partial charge in [0, 0.05) is 12.7 Å². The summed E-state index contributed by atoms with van der Waals surface area (Å²) in [6.07, 6.45) is 2.76. The Morgan fingerprint density at radius 1 is 1.44 bits per heavy atom. The number of pyridine rings is 1. The van der Waals surface area contributed by atoms with E-state index in [1.54, 1.807) is 6.20 Å². The standard InChI is InChI=1S/C12H19ClN2O/c1-8(2)6-9(3)16-12-11(13)10(7-14)4-5-15-12/h4-5,8-9H,6-7,14H2,1-3H3. The molecule has 1 unspecified atom stereocenters. The molecule has 0 amide bonds. The van der Waals surface area contributed by atoms with Gasteiger partial charge >= 0.3 is 0 Å². The topological polar surface area (TPSA) is 48.1 Å². The summed E-state index contributed by atoms with van der Waals surface area (Å²) in [6.45, 7) is 6.74. The van der Waals surface area contributed by atoms with Crippen LogP contribution < -0.4 is 10.5 Å². The quantitative estimate of drug-likeness (QED) is 0.864. The molecular formula is C12H19ClN2O. The average molecular weight is 243 g/mol. The molecule has 90 valence electrons. The van der Waals surface area contributed by atoms with Crippen LogP contribution in [0.15, 0.2) is 12.3 Å². The lowest BCUT2D eigenvalue weighted by atomic mass is 10.1. The van der Waals surface area contributed by atoms with Gasteiger partial charge in [0.25, 0.3) is 0 Å². The highest BCUT2D eigenvalue weighted by atomic mass is 35.5. The maximum atomic E-state index is 6.12. The molecule has 0 saturated carbocycles. The number of ether oxygens (including phenoxy) is 1. The number of nitrogens with zero attached hydrogens (tertiary/aromatic N) is 1. The minimum atomic E-state index is 0.109. The monoisotopic (exact) mass is 242 g/mol. The van der Waals surface area contributed by atoms with Crippen LogP contribution in [0.25, 0.3) is 0 Å². The minimum Gasteiger partial charge on any atom is -0.474 e. The number of nitrogens with two attached hydrogens (primary N) is 1. The molecule has 0 saturated heterocycles. The molecule has 0 fully saturated rings. The van der Waals surface area contributed by atoms with Gasteiger partial charge in [0.05, 0.1) is 6.10 Å². The summed E-state index contributed by atoms with van der Waals surface area (Å²) in [5.74, 6) is 1.07. The van der Waals surface area contributed by atoms with Gasteiger partial charge in [-0.2, -0.15) is 0 Å². The van der Waals surface area contributed by atoms with E-state index in [-0.39, 0.29) is 6.10 Å². The zero-order chi connectivity index (χ0) is 12.1. The molecule has 0 bridgehead atoms. The van der Waals surface area contributed by atoms with Crippen molar-refractivity contribution in [1.29, 1.82) is 0 Å². The second-order valence-electron chi connectivity index (χ2n) is 4.35. The van der Waals surface area contributed by atoms with Crippen LogP contribution in [0.2, 0.25) is 5.02 Å². The summed E-state index contributed by atoms with van der Waals surface area (Å²) in [5, 5.41) is 0.528. The summed E-state index contributed by atoms with van der Waals surface area (Å²) < 4.78 is 5.70. The molecule has 1 aromatic rings. The Morgan fingerprint density at radius 2 is 2.12 bits per heavy atom. The SMILES string of the molecule is CC(C)CC(C)Oc1nccc(CN)c1Cl. The molecule has 0 aliphatic carbocycles. The van der Waals surface area contributed by atoms with Gasteiger partial charge in [-0.15, -0.1) is 0 Å². The Hall–Kier alpha value is -0.800. The van der Waals surface area contributed by atoms with E-state index in [0.717, 1.165) is 12.0 Å². The molecule has 0 spiro atoms. The number of hydrogen-bond donors (Lipinski definition) is 1. The van der Waals surface area contributed by atoms with Gasteiger partial charge in [-0.25, -0.2) is 4.98 Å². The van der Waals surface area contributed by atoms with Crippen molar-refractivity contribution in [2.75, 3.05) is 0 Å². The van der Waals surface area contributed by atoms with Crippen LogP contribution in [0.3, 0.4) is 0 Å². The number of rotatable bonds is 5. The molecular weight excluding hydrogens is 224 g/mol. The number of halogens is 1. The fourth-order valence-corrected chi connectivity index (χ4v) is 1.84. The Kier molecular flexibility index (Phi) is 5.03. The average Bonchev–Trinajstić information content (AvgIpc) is 2.20. The van der Waals surface area contributed by atoms with Crippen LogP contribution in [-0.4, -0.2) is 11.1 Å². The highest BCUT2D eigenvalue weighted by Crippen LogP contribution is 2.26. The summed E-state index contributed by atoms with van der Waals surface area (Å²) in [6, 6.07) is 1.81. The molecule has 0 radical (unpaired) electrons. The van der Waals surface area contributed by atoms with Gasteiger partial charge in [-0.05, 0) is 30.9 Å². The Balaban J connectivity index is 2.73. The van der Waals surface area contributed by atoms with Gasteiger partial charge in [0.2, 0.25) is 5.88 Å². The Morgan fingerprint density at radius 3 is 2.69 bits per heavy atom. The lowest BCUT2D eigenvalue weighted by Crippen LogP contribution is -2.15.